The van der Waals surface area contributed by atoms with Gasteiger partial charge in [-0.05, 0) is 36.4 Å². The van der Waals surface area contributed by atoms with E-state index in [-0.39, 0.29) is 24.8 Å². The molecule has 0 saturated heterocycles. The SMILES string of the molecule is COc1ccc(C(=O)CC[NH2+]CC(O)COc2ccccc2)cc1.[Cl-]. The van der Waals surface area contributed by atoms with Crippen LogP contribution in [0.25, 0.3) is 0 Å². The van der Waals surface area contributed by atoms with Gasteiger partial charge in [-0.1, -0.05) is 18.2 Å². The lowest BCUT2D eigenvalue weighted by molar-refractivity contribution is -0.659. The van der Waals surface area contributed by atoms with Crippen LogP contribution in [-0.4, -0.2) is 43.8 Å². The van der Waals surface area contributed by atoms with Crippen molar-refractivity contribution in [3.05, 3.63) is 60.2 Å². The molecule has 0 aromatic heterocycles. The summed E-state index contributed by atoms with van der Waals surface area (Å²) in [5, 5.41) is 11.8. The molecule has 2 aromatic carbocycles. The van der Waals surface area contributed by atoms with E-state index >= 15 is 0 Å². The molecular weight excluding hydrogens is 342 g/mol. The maximum atomic E-state index is 12.1. The second-order valence-electron chi connectivity index (χ2n) is 5.49. The Hall–Kier alpha value is -2.08. The van der Waals surface area contributed by atoms with E-state index in [0.29, 0.717) is 25.1 Å². The Bertz CT molecular complexity index is 619. The monoisotopic (exact) mass is 365 g/mol. The first-order chi connectivity index (χ1) is 11.7. The van der Waals surface area contributed by atoms with E-state index in [1.54, 1.807) is 31.4 Å². The molecule has 0 spiro atoms. The van der Waals surface area contributed by atoms with Gasteiger partial charge in [-0.15, -0.1) is 0 Å². The molecule has 1 atom stereocenters. The Morgan fingerprint density at radius 2 is 1.76 bits per heavy atom. The fourth-order valence-corrected chi connectivity index (χ4v) is 2.24. The molecule has 0 aliphatic rings. The van der Waals surface area contributed by atoms with Gasteiger partial charge in [0.2, 0.25) is 0 Å². The number of ether oxygens (including phenoxy) is 2. The normalized spacial score (nSPS) is 11.3. The van der Waals surface area contributed by atoms with Crippen molar-refractivity contribution < 1.29 is 37.1 Å². The van der Waals surface area contributed by atoms with Crippen LogP contribution >= 0.6 is 0 Å². The third-order valence-electron chi connectivity index (χ3n) is 3.61. The minimum atomic E-state index is -0.568. The van der Waals surface area contributed by atoms with Crippen LogP contribution < -0.4 is 27.2 Å². The number of benzene rings is 2. The molecule has 0 fully saturated rings. The lowest BCUT2D eigenvalue weighted by Gasteiger charge is -2.11. The number of carbonyl (C=O) groups excluding carboxylic acids is 1. The van der Waals surface area contributed by atoms with Crippen molar-refractivity contribution >= 4 is 5.78 Å². The fraction of sp³-hybridized carbons (Fsp3) is 0.316. The Labute approximate surface area is 154 Å². The van der Waals surface area contributed by atoms with Crippen molar-refractivity contribution in [2.24, 2.45) is 0 Å². The molecule has 2 rings (SSSR count). The predicted molar refractivity (Wildman–Crippen MR) is 91.5 cm³/mol. The molecule has 2 aromatic rings. The highest BCUT2D eigenvalue weighted by Crippen LogP contribution is 2.12. The molecule has 1 unspecified atom stereocenters. The average molecular weight is 366 g/mol. The molecule has 25 heavy (non-hydrogen) atoms. The first kappa shape index (κ1) is 21.0. The number of para-hydroxylation sites is 1. The van der Waals surface area contributed by atoms with Crippen molar-refractivity contribution in [2.75, 3.05) is 26.8 Å². The zero-order chi connectivity index (χ0) is 17.2. The number of hydrogen-bond acceptors (Lipinski definition) is 4. The van der Waals surface area contributed by atoms with Gasteiger partial charge in [0, 0.05) is 5.56 Å². The zero-order valence-electron chi connectivity index (χ0n) is 14.2. The van der Waals surface area contributed by atoms with Crippen LogP contribution in [0.1, 0.15) is 16.8 Å². The topological polar surface area (TPSA) is 72.4 Å². The lowest BCUT2D eigenvalue weighted by Crippen LogP contribution is -3.00. The Morgan fingerprint density at radius 3 is 2.40 bits per heavy atom. The smallest absolute Gasteiger partial charge is 0.168 e. The van der Waals surface area contributed by atoms with Gasteiger partial charge in [-0.25, -0.2) is 0 Å². The zero-order valence-corrected chi connectivity index (χ0v) is 15.0. The second-order valence-corrected chi connectivity index (χ2v) is 5.49. The van der Waals surface area contributed by atoms with E-state index in [1.807, 2.05) is 35.6 Å². The number of quaternary nitrogens is 1. The van der Waals surface area contributed by atoms with E-state index < -0.39 is 6.10 Å². The summed E-state index contributed by atoms with van der Waals surface area (Å²) in [6, 6.07) is 16.5. The summed E-state index contributed by atoms with van der Waals surface area (Å²) in [4.78, 5) is 12.1. The summed E-state index contributed by atoms with van der Waals surface area (Å²) < 4.78 is 10.6. The maximum absolute atomic E-state index is 12.1. The van der Waals surface area contributed by atoms with E-state index in [2.05, 4.69) is 0 Å². The van der Waals surface area contributed by atoms with Crippen LogP contribution in [0.4, 0.5) is 0 Å². The number of nitrogens with two attached hydrogens (primary N) is 1. The quantitative estimate of drug-likeness (QED) is 0.388. The maximum Gasteiger partial charge on any atom is 0.168 e. The standard InChI is InChI=1S/C19H23NO4.ClH/c1-23-17-9-7-15(8-10-17)19(22)11-12-20-13-16(21)14-24-18-5-3-2-4-6-18;/h2-10,16,20-21H,11-14H2,1H3;1H. The molecule has 0 heterocycles. The molecule has 0 aliphatic heterocycles. The average Bonchev–Trinajstić information content (AvgIpc) is 2.64. The van der Waals surface area contributed by atoms with Crippen molar-refractivity contribution in [1.29, 1.82) is 0 Å². The number of hydrogen-bond donors (Lipinski definition) is 2. The van der Waals surface area contributed by atoms with Gasteiger partial charge in [0.25, 0.3) is 0 Å². The fourth-order valence-electron chi connectivity index (χ4n) is 2.24. The molecule has 0 bridgehead atoms. The number of methoxy groups -OCH3 is 1. The second kappa shape index (κ2) is 11.5. The summed E-state index contributed by atoms with van der Waals surface area (Å²) in [5.41, 5.74) is 0.678. The summed E-state index contributed by atoms with van der Waals surface area (Å²) in [5.74, 6) is 1.56. The minimum Gasteiger partial charge on any atom is -1.00 e. The molecule has 136 valence electrons. The number of rotatable bonds is 10. The van der Waals surface area contributed by atoms with Gasteiger partial charge in [0.05, 0.1) is 20.1 Å². The summed E-state index contributed by atoms with van der Waals surface area (Å²) in [6.07, 6.45) is -0.139. The Kier molecular flexibility index (Phi) is 9.62. The van der Waals surface area contributed by atoms with Crippen LogP contribution in [0.2, 0.25) is 0 Å². The van der Waals surface area contributed by atoms with Crippen LogP contribution in [0.3, 0.4) is 0 Å². The number of Topliss-reactive ketones (excluding diaryl/α,β-unsaturated/α-hetero) is 1. The van der Waals surface area contributed by atoms with Gasteiger partial charge >= 0.3 is 0 Å². The molecule has 0 saturated carbocycles. The molecule has 3 N–H and O–H groups in total. The molecule has 5 nitrogen and oxygen atoms in total. The largest absolute Gasteiger partial charge is 1.00 e. The van der Waals surface area contributed by atoms with E-state index in [9.17, 15) is 9.90 Å². The molecule has 0 amide bonds. The first-order valence-corrected chi connectivity index (χ1v) is 8.04. The van der Waals surface area contributed by atoms with Gasteiger partial charge in [0.15, 0.2) is 5.78 Å². The Balaban J connectivity index is 0.00000312. The molecular formula is C19H24ClNO4. The van der Waals surface area contributed by atoms with Gasteiger partial charge in [0.1, 0.15) is 30.8 Å². The summed E-state index contributed by atoms with van der Waals surface area (Å²) >= 11 is 0. The van der Waals surface area contributed by atoms with Crippen molar-refractivity contribution in [2.45, 2.75) is 12.5 Å². The number of ketones is 1. The third kappa shape index (κ3) is 7.56. The highest BCUT2D eigenvalue weighted by atomic mass is 35.5. The van der Waals surface area contributed by atoms with E-state index in [0.717, 1.165) is 11.5 Å². The third-order valence-corrected chi connectivity index (χ3v) is 3.61. The van der Waals surface area contributed by atoms with Crippen LogP contribution in [0.15, 0.2) is 54.6 Å². The molecule has 6 heteroatoms. The van der Waals surface area contributed by atoms with Crippen molar-refractivity contribution in [3.63, 3.8) is 0 Å². The van der Waals surface area contributed by atoms with Crippen LogP contribution in [0, 0.1) is 0 Å². The molecule has 0 aliphatic carbocycles. The first-order valence-electron chi connectivity index (χ1n) is 8.04. The number of halogens is 1. The van der Waals surface area contributed by atoms with Crippen LogP contribution in [0.5, 0.6) is 11.5 Å². The number of aliphatic hydroxyl groups excluding tert-OH is 1. The number of aliphatic hydroxyl groups is 1. The van der Waals surface area contributed by atoms with Gasteiger partial charge in [-0.2, -0.15) is 0 Å². The van der Waals surface area contributed by atoms with Crippen molar-refractivity contribution in [3.8, 4) is 11.5 Å². The summed E-state index contributed by atoms with van der Waals surface area (Å²) in [7, 11) is 1.60. The lowest BCUT2D eigenvalue weighted by atomic mass is 10.1. The predicted octanol–water partition coefficient (Wildman–Crippen LogP) is -1.72. The minimum absolute atomic E-state index is 0. The van der Waals surface area contributed by atoms with Crippen LogP contribution in [-0.2, 0) is 0 Å². The highest BCUT2D eigenvalue weighted by molar-refractivity contribution is 5.96. The van der Waals surface area contributed by atoms with E-state index in [1.165, 1.54) is 0 Å². The summed E-state index contributed by atoms with van der Waals surface area (Å²) in [6.45, 7) is 1.38. The highest BCUT2D eigenvalue weighted by Gasteiger charge is 2.10. The Morgan fingerprint density at radius 1 is 1.08 bits per heavy atom. The van der Waals surface area contributed by atoms with Gasteiger partial charge in [-0.3, -0.25) is 4.79 Å². The molecule has 0 radical (unpaired) electrons. The van der Waals surface area contributed by atoms with Gasteiger partial charge < -0.3 is 32.3 Å². The van der Waals surface area contributed by atoms with E-state index in [4.69, 9.17) is 9.47 Å². The number of carbonyl (C=O) groups is 1. The van der Waals surface area contributed by atoms with Crippen molar-refractivity contribution in [1.82, 2.24) is 0 Å².